The molecule has 5 heterocycles. The average molecular weight is 499 g/mol. The first-order valence-electron chi connectivity index (χ1n) is 12.3. The van der Waals surface area contributed by atoms with Gasteiger partial charge in [-0.2, -0.15) is 0 Å². The number of aromatic amines is 1. The van der Waals surface area contributed by atoms with Crippen molar-refractivity contribution in [3.8, 4) is 0 Å². The Morgan fingerprint density at radius 2 is 1.97 bits per heavy atom. The first-order valence-corrected chi connectivity index (χ1v) is 12.3. The number of nitrogens with one attached hydrogen (secondary N) is 1. The Bertz CT molecular complexity index is 1210. The number of fused-ring (bicyclic) bond motifs is 6. The SMILES string of the molecule is C=CC1C(O[C@@H]2O[C@H](CO)[C@@H](O)[C@H](O)[C@H]2O)OC=C2C(=O)N3CCc4c([nH]c5ccccc45)[C@H]3C[C@H]21. The summed E-state index contributed by atoms with van der Waals surface area (Å²) in [4.78, 5) is 19.0. The van der Waals surface area contributed by atoms with Crippen LogP contribution in [0.5, 0.6) is 0 Å². The van der Waals surface area contributed by atoms with Gasteiger partial charge in [0.2, 0.25) is 6.29 Å². The second kappa shape index (κ2) is 8.98. The molecule has 2 unspecified atom stereocenters. The lowest BCUT2D eigenvalue weighted by Crippen LogP contribution is -2.60. The van der Waals surface area contributed by atoms with Gasteiger partial charge in [0.05, 0.1) is 24.5 Å². The highest BCUT2D eigenvalue weighted by molar-refractivity contribution is 5.96. The van der Waals surface area contributed by atoms with Crippen LogP contribution in [0.25, 0.3) is 10.9 Å². The number of piperidine rings is 1. The van der Waals surface area contributed by atoms with Crippen molar-refractivity contribution < 1.29 is 39.4 Å². The fraction of sp³-hybridized carbons (Fsp3) is 0.500. The molecule has 0 spiro atoms. The third-order valence-electron chi connectivity index (χ3n) is 8.04. The molecule has 5 N–H and O–H groups in total. The molecule has 2 saturated heterocycles. The maximum Gasteiger partial charge on any atom is 0.253 e. The number of ether oxygens (including phenoxy) is 3. The van der Waals surface area contributed by atoms with Crippen LogP contribution in [0.2, 0.25) is 0 Å². The Kier molecular flexibility index (Phi) is 5.90. The van der Waals surface area contributed by atoms with E-state index in [1.807, 2.05) is 23.1 Å². The van der Waals surface area contributed by atoms with Crippen molar-refractivity contribution in [1.29, 1.82) is 0 Å². The molecule has 4 aliphatic heterocycles. The lowest BCUT2D eigenvalue weighted by atomic mass is 9.74. The van der Waals surface area contributed by atoms with Gasteiger partial charge in [-0.25, -0.2) is 0 Å². The van der Waals surface area contributed by atoms with E-state index < -0.39 is 49.5 Å². The first-order chi connectivity index (χ1) is 17.4. The number of para-hydroxylation sites is 1. The van der Waals surface area contributed by atoms with E-state index in [1.165, 1.54) is 17.2 Å². The molecular formula is C26H30N2O8. The van der Waals surface area contributed by atoms with E-state index in [4.69, 9.17) is 14.2 Å². The topological polar surface area (TPSA) is 145 Å². The van der Waals surface area contributed by atoms with Crippen molar-refractivity contribution in [1.82, 2.24) is 9.88 Å². The van der Waals surface area contributed by atoms with E-state index in [0.717, 1.165) is 17.6 Å². The van der Waals surface area contributed by atoms with E-state index >= 15 is 0 Å². The lowest BCUT2D eigenvalue weighted by Gasteiger charge is -2.48. The van der Waals surface area contributed by atoms with Crippen molar-refractivity contribution >= 4 is 16.8 Å². The Hall–Kier alpha value is -2.73. The lowest BCUT2D eigenvalue weighted by molar-refractivity contribution is -0.339. The average Bonchev–Trinajstić information content (AvgIpc) is 3.28. The number of nitrogens with zero attached hydrogens (tertiary/aromatic N) is 1. The van der Waals surface area contributed by atoms with E-state index in [2.05, 4.69) is 17.6 Å². The Morgan fingerprint density at radius 3 is 2.75 bits per heavy atom. The van der Waals surface area contributed by atoms with E-state index in [0.29, 0.717) is 18.5 Å². The molecule has 6 rings (SSSR count). The molecule has 0 radical (unpaired) electrons. The zero-order chi connectivity index (χ0) is 25.1. The first kappa shape index (κ1) is 23.7. The fourth-order valence-electron chi connectivity index (χ4n) is 6.13. The number of benzene rings is 1. The maximum atomic E-state index is 13.5. The number of aromatic nitrogens is 1. The third-order valence-corrected chi connectivity index (χ3v) is 8.04. The molecule has 10 heteroatoms. The summed E-state index contributed by atoms with van der Waals surface area (Å²) in [5.41, 5.74) is 3.89. The van der Waals surface area contributed by atoms with Gasteiger partial charge in [-0.05, 0) is 24.5 Å². The second-order valence-electron chi connectivity index (χ2n) is 9.89. The maximum absolute atomic E-state index is 13.5. The van der Waals surface area contributed by atoms with Gasteiger partial charge >= 0.3 is 0 Å². The fourth-order valence-corrected chi connectivity index (χ4v) is 6.13. The zero-order valence-electron chi connectivity index (χ0n) is 19.6. The minimum atomic E-state index is -1.56. The molecule has 2 fully saturated rings. The van der Waals surface area contributed by atoms with Crippen molar-refractivity contribution in [2.24, 2.45) is 11.8 Å². The minimum absolute atomic E-state index is 0.0845. The van der Waals surface area contributed by atoms with Gasteiger partial charge in [0, 0.05) is 35.0 Å². The monoisotopic (exact) mass is 498 g/mol. The molecule has 1 amide bonds. The number of hydrogen-bond acceptors (Lipinski definition) is 8. The van der Waals surface area contributed by atoms with Crippen molar-refractivity contribution in [2.75, 3.05) is 13.2 Å². The van der Waals surface area contributed by atoms with Gasteiger partial charge < -0.3 is 44.5 Å². The number of carbonyl (C=O) groups is 1. The second-order valence-corrected chi connectivity index (χ2v) is 9.89. The number of rotatable bonds is 4. The Balaban J connectivity index is 1.28. The number of aliphatic hydroxyl groups excluding tert-OH is 4. The van der Waals surface area contributed by atoms with Crippen LogP contribution in [0.1, 0.15) is 23.7 Å². The largest absolute Gasteiger partial charge is 0.471 e. The van der Waals surface area contributed by atoms with Crippen LogP contribution < -0.4 is 0 Å². The number of hydrogen-bond donors (Lipinski definition) is 5. The van der Waals surface area contributed by atoms with Crippen LogP contribution in [-0.4, -0.2) is 86.4 Å². The summed E-state index contributed by atoms with van der Waals surface area (Å²) in [6.45, 7) is 4.01. The van der Waals surface area contributed by atoms with Crippen LogP contribution in [-0.2, 0) is 25.4 Å². The molecule has 10 nitrogen and oxygen atoms in total. The molecule has 1 aromatic heterocycles. The van der Waals surface area contributed by atoms with Crippen LogP contribution >= 0.6 is 0 Å². The number of carbonyl (C=O) groups excluding carboxylic acids is 1. The van der Waals surface area contributed by atoms with E-state index in [1.54, 1.807) is 6.08 Å². The summed E-state index contributed by atoms with van der Waals surface area (Å²) in [5.74, 6) is -0.783. The van der Waals surface area contributed by atoms with Gasteiger partial charge in [-0.1, -0.05) is 24.3 Å². The van der Waals surface area contributed by atoms with Crippen LogP contribution in [0, 0.1) is 11.8 Å². The highest BCUT2D eigenvalue weighted by Crippen LogP contribution is 2.48. The van der Waals surface area contributed by atoms with Crippen LogP contribution in [0.4, 0.5) is 0 Å². The summed E-state index contributed by atoms with van der Waals surface area (Å²) in [5, 5.41) is 41.3. The molecule has 4 aliphatic rings. The van der Waals surface area contributed by atoms with Crippen LogP contribution in [0.15, 0.2) is 48.8 Å². The molecule has 0 bridgehead atoms. The van der Waals surface area contributed by atoms with Crippen LogP contribution in [0.3, 0.4) is 0 Å². The summed E-state index contributed by atoms with van der Waals surface area (Å²) in [6, 6.07) is 8.01. The number of aliphatic hydroxyl groups is 4. The molecule has 2 aromatic rings. The normalized spacial score (nSPS) is 38.0. The van der Waals surface area contributed by atoms with E-state index in [-0.39, 0.29) is 17.9 Å². The Morgan fingerprint density at radius 1 is 1.17 bits per heavy atom. The van der Waals surface area contributed by atoms with Gasteiger partial charge in [0.25, 0.3) is 5.91 Å². The molecular weight excluding hydrogens is 468 g/mol. The highest BCUT2D eigenvalue weighted by Gasteiger charge is 2.51. The minimum Gasteiger partial charge on any atom is -0.471 e. The van der Waals surface area contributed by atoms with Gasteiger partial charge in [-0.3, -0.25) is 4.79 Å². The Labute approximate surface area is 207 Å². The quantitative estimate of drug-likeness (QED) is 0.383. The summed E-state index contributed by atoms with van der Waals surface area (Å²) < 4.78 is 17.2. The summed E-state index contributed by atoms with van der Waals surface area (Å²) in [7, 11) is 0. The van der Waals surface area contributed by atoms with Crippen molar-refractivity contribution in [2.45, 2.75) is 55.9 Å². The predicted octanol–water partition coefficient (Wildman–Crippen LogP) is 0.473. The van der Waals surface area contributed by atoms with E-state index in [9.17, 15) is 25.2 Å². The standard InChI is InChI=1S/C26H30N2O8/c1-2-12-15-9-18-20-14(13-5-3-4-6-17(13)27-20)7-8-28(18)24(33)16(15)11-34-25(12)36-26-23(32)22(31)21(30)19(10-29)35-26/h2-6,11-12,15,18-19,21-23,25-27,29-32H,1,7-10H2/t12?,15-,18+,19+,21+,22-,23+,25?,26-/m0/s1. The molecule has 36 heavy (non-hydrogen) atoms. The summed E-state index contributed by atoms with van der Waals surface area (Å²) >= 11 is 0. The van der Waals surface area contributed by atoms with Gasteiger partial charge in [-0.15, -0.1) is 6.58 Å². The summed E-state index contributed by atoms with van der Waals surface area (Å²) in [6.07, 6.45) is -3.53. The smallest absolute Gasteiger partial charge is 0.253 e. The third kappa shape index (κ3) is 3.52. The molecule has 192 valence electrons. The molecule has 9 atom stereocenters. The van der Waals surface area contributed by atoms with Crippen molar-refractivity contribution in [3.63, 3.8) is 0 Å². The molecule has 0 saturated carbocycles. The van der Waals surface area contributed by atoms with Gasteiger partial charge in [0.15, 0.2) is 6.29 Å². The number of H-pyrrole nitrogens is 1. The molecule has 1 aromatic carbocycles. The highest BCUT2D eigenvalue weighted by atomic mass is 16.8. The zero-order valence-corrected chi connectivity index (χ0v) is 19.6. The van der Waals surface area contributed by atoms with Crippen molar-refractivity contribution in [3.05, 3.63) is 60.0 Å². The number of amides is 1. The molecule has 0 aliphatic carbocycles. The predicted molar refractivity (Wildman–Crippen MR) is 126 cm³/mol. The van der Waals surface area contributed by atoms with Gasteiger partial charge in [0.1, 0.15) is 24.4 Å².